The quantitative estimate of drug-likeness (QED) is 0.755. The molecule has 4 rings (SSSR count). The second kappa shape index (κ2) is 5.82. The van der Waals surface area contributed by atoms with Crippen LogP contribution in [-0.4, -0.2) is 5.11 Å². The molecule has 1 aliphatic carbocycles. The highest BCUT2D eigenvalue weighted by molar-refractivity contribution is 5.87. The predicted molar refractivity (Wildman–Crippen MR) is 93.8 cm³/mol. The molecule has 3 aromatic rings. The highest BCUT2D eigenvalue weighted by Crippen LogP contribution is 2.46. The zero-order valence-corrected chi connectivity index (χ0v) is 12.7. The molecule has 0 bridgehead atoms. The van der Waals surface area contributed by atoms with Crippen molar-refractivity contribution in [1.82, 2.24) is 0 Å². The number of hydrogen-bond acceptors (Lipinski definition) is 1. The predicted octanol–water partition coefficient (Wildman–Crippen LogP) is 4.48. The topological polar surface area (TPSA) is 20.2 Å². The van der Waals surface area contributed by atoms with Gasteiger partial charge in [0.25, 0.3) is 0 Å². The molecule has 0 heterocycles. The second-order valence-corrected chi connectivity index (χ2v) is 5.78. The maximum atomic E-state index is 11.8. The van der Waals surface area contributed by atoms with Crippen molar-refractivity contribution in [3.8, 4) is 0 Å². The molecule has 1 unspecified atom stereocenters. The van der Waals surface area contributed by atoms with E-state index in [0.29, 0.717) is 0 Å². The van der Waals surface area contributed by atoms with Crippen molar-refractivity contribution >= 4 is 10.8 Å². The van der Waals surface area contributed by atoms with Crippen LogP contribution >= 0.6 is 0 Å². The Balaban J connectivity index is 1.98. The molecule has 23 heavy (non-hydrogen) atoms. The molecule has 1 heteroatoms. The van der Waals surface area contributed by atoms with Crippen LogP contribution in [0.3, 0.4) is 0 Å². The summed E-state index contributed by atoms with van der Waals surface area (Å²) < 4.78 is 0. The fourth-order valence-electron chi connectivity index (χ4n) is 3.31. The normalized spacial score (nSPS) is 18.1. The van der Waals surface area contributed by atoms with E-state index in [4.69, 9.17) is 0 Å². The number of aliphatic hydroxyl groups is 1. The van der Waals surface area contributed by atoms with Crippen molar-refractivity contribution in [2.75, 3.05) is 0 Å². The first-order valence-electron chi connectivity index (χ1n) is 7.78. The van der Waals surface area contributed by atoms with E-state index >= 15 is 0 Å². The van der Waals surface area contributed by atoms with Crippen LogP contribution in [0.15, 0.2) is 72.8 Å². The summed E-state index contributed by atoms with van der Waals surface area (Å²) in [7, 11) is 0. The first kappa shape index (κ1) is 14.5. The van der Waals surface area contributed by atoms with Crippen LogP contribution in [0.25, 0.3) is 10.8 Å². The Morgan fingerprint density at radius 3 is 2.09 bits per heavy atom. The fourth-order valence-corrected chi connectivity index (χ4v) is 3.31. The van der Waals surface area contributed by atoms with E-state index in [1.54, 1.807) is 0 Å². The van der Waals surface area contributed by atoms with E-state index < -0.39 is 5.60 Å². The van der Waals surface area contributed by atoms with Gasteiger partial charge in [0.2, 0.25) is 0 Å². The van der Waals surface area contributed by atoms with Crippen LogP contribution in [0, 0.1) is 31.6 Å². The van der Waals surface area contributed by atoms with Crippen molar-refractivity contribution in [1.29, 1.82) is 0 Å². The van der Waals surface area contributed by atoms with Gasteiger partial charge >= 0.3 is 0 Å². The number of fused-ring (bicyclic) bond motifs is 1. The van der Waals surface area contributed by atoms with Gasteiger partial charge in [0.1, 0.15) is 5.60 Å². The molecule has 0 aliphatic heterocycles. The molecular formula is C22H17O. The molecule has 5 radical (unpaired) electrons. The minimum atomic E-state index is -1.16. The zero-order valence-electron chi connectivity index (χ0n) is 12.7. The molecule has 0 spiro atoms. The van der Waals surface area contributed by atoms with E-state index in [2.05, 4.69) is 18.2 Å². The molecule has 111 valence electrons. The summed E-state index contributed by atoms with van der Waals surface area (Å²) in [6.07, 6.45) is 7.90. The Morgan fingerprint density at radius 2 is 1.30 bits per heavy atom. The third-order valence-corrected chi connectivity index (χ3v) is 4.45. The van der Waals surface area contributed by atoms with Crippen LogP contribution in [0.2, 0.25) is 0 Å². The summed E-state index contributed by atoms with van der Waals surface area (Å²) in [4.78, 5) is 0. The van der Waals surface area contributed by atoms with E-state index in [-0.39, 0.29) is 0 Å². The Morgan fingerprint density at radius 1 is 0.652 bits per heavy atom. The summed E-state index contributed by atoms with van der Waals surface area (Å²) in [5.74, 6) is 0.889. The number of benzene rings is 3. The lowest BCUT2D eigenvalue weighted by Crippen LogP contribution is -2.34. The van der Waals surface area contributed by atoms with Gasteiger partial charge in [-0.25, -0.2) is 0 Å². The molecule has 0 saturated heterocycles. The molecule has 1 N–H and O–H groups in total. The van der Waals surface area contributed by atoms with E-state index in [1.807, 2.05) is 80.3 Å². The zero-order chi connectivity index (χ0) is 15.7. The van der Waals surface area contributed by atoms with Gasteiger partial charge in [-0.2, -0.15) is 0 Å². The van der Waals surface area contributed by atoms with Gasteiger partial charge in [-0.1, -0.05) is 72.8 Å². The first-order valence-corrected chi connectivity index (χ1v) is 7.78. The lowest BCUT2D eigenvalue weighted by atomic mass is 9.74. The van der Waals surface area contributed by atoms with Crippen LogP contribution in [-0.2, 0) is 5.60 Å². The van der Waals surface area contributed by atoms with Gasteiger partial charge in [0, 0.05) is 5.92 Å². The van der Waals surface area contributed by atoms with E-state index in [0.717, 1.165) is 27.8 Å². The van der Waals surface area contributed by atoms with Crippen LogP contribution < -0.4 is 0 Å². The molecule has 1 aliphatic rings. The lowest BCUT2D eigenvalue weighted by molar-refractivity contribution is 0.106. The highest BCUT2D eigenvalue weighted by Gasteiger charge is 2.43. The standard InChI is InChI=1S/C22H17O/c23-22(19-13-5-6-14-19,18-11-2-1-3-12-18)21-16-8-10-17-9-4-7-15-20(17)21/h1-16,23H. The SMILES string of the molecule is OC([C]1[CH][CH][CH][CH]1)(c1ccccc1)c1cccc2ccccc12. The molecular weight excluding hydrogens is 280 g/mol. The summed E-state index contributed by atoms with van der Waals surface area (Å²) in [5, 5.41) is 14.0. The van der Waals surface area contributed by atoms with Gasteiger partial charge in [0.15, 0.2) is 0 Å². The smallest absolute Gasteiger partial charge is 0.122 e. The third kappa shape index (κ3) is 2.36. The molecule has 0 aromatic heterocycles. The Hall–Kier alpha value is -2.12. The summed E-state index contributed by atoms with van der Waals surface area (Å²) in [6.45, 7) is 0. The van der Waals surface area contributed by atoms with Gasteiger partial charge in [0.05, 0.1) is 0 Å². The van der Waals surface area contributed by atoms with Crippen molar-refractivity contribution in [2.24, 2.45) is 0 Å². The third-order valence-electron chi connectivity index (χ3n) is 4.45. The second-order valence-electron chi connectivity index (χ2n) is 5.78. The monoisotopic (exact) mass is 297 g/mol. The minimum Gasteiger partial charge on any atom is -0.380 e. The van der Waals surface area contributed by atoms with E-state index in [1.165, 1.54) is 0 Å². The van der Waals surface area contributed by atoms with Crippen molar-refractivity contribution in [2.45, 2.75) is 5.60 Å². The van der Waals surface area contributed by atoms with Crippen LogP contribution in [0.5, 0.6) is 0 Å². The number of rotatable bonds is 3. The molecule has 0 amide bonds. The average Bonchev–Trinajstić information content (AvgIpc) is 3.16. The lowest BCUT2D eigenvalue weighted by Gasteiger charge is -2.35. The molecule has 1 saturated carbocycles. The van der Waals surface area contributed by atoms with E-state index in [9.17, 15) is 5.11 Å². The maximum absolute atomic E-state index is 11.8. The Labute approximate surface area is 137 Å². The summed E-state index contributed by atoms with van der Waals surface area (Å²) >= 11 is 0. The molecule has 1 atom stereocenters. The Kier molecular flexibility index (Phi) is 3.66. The van der Waals surface area contributed by atoms with Crippen LogP contribution in [0.1, 0.15) is 11.1 Å². The molecule has 1 nitrogen and oxygen atoms in total. The van der Waals surface area contributed by atoms with Crippen molar-refractivity contribution < 1.29 is 5.11 Å². The molecule has 3 aromatic carbocycles. The van der Waals surface area contributed by atoms with Gasteiger partial charge in [-0.15, -0.1) is 0 Å². The van der Waals surface area contributed by atoms with Crippen molar-refractivity contribution in [3.63, 3.8) is 0 Å². The molecule has 1 fully saturated rings. The Bertz CT molecular complexity index is 797. The first-order chi connectivity index (χ1) is 11.3. The maximum Gasteiger partial charge on any atom is 0.122 e. The van der Waals surface area contributed by atoms with Gasteiger partial charge in [-0.3, -0.25) is 0 Å². The van der Waals surface area contributed by atoms with Gasteiger partial charge in [-0.05, 0) is 47.6 Å². The van der Waals surface area contributed by atoms with Crippen molar-refractivity contribution in [3.05, 3.63) is 116 Å². The summed E-state index contributed by atoms with van der Waals surface area (Å²) in [6, 6.07) is 24.2. The van der Waals surface area contributed by atoms with Gasteiger partial charge < -0.3 is 5.11 Å². The number of hydrogen-bond donors (Lipinski definition) is 1. The minimum absolute atomic E-state index is 0.877. The highest BCUT2D eigenvalue weighted by atomic mass is 16.3. The summed E-state index contributed by atoms with van der Waals surface area (Å²) in [5.41, 5.74) is 0.626. The average molecular weight is 297 g/mol. The fraction of sp³-hybridized carbons (Fsp3) is 0.0455. The largest absolute Gasteiger partial charge is 0.380 e. The van der Waals surface area contributed by atoms with Crippen LogP contribution in [0.4, 0.5) is 0 Å².